The molecule has 0 aromatic heterocycles. The molecule has 1 aliphatic rings. The molecule has 1 heterocycles. The normalized spacial score (nSPS) is 12.7. The van der Waals surface area contributed by atoms with Gasteiger partial charge in [-0.05, 0) is 36.2 Å². The van der Waals surface area contributed by atoms with Crippen LogP contribution in [0, 0.1) is 10.1 Å². The number of anilines is 2. The Morgan fingerprint density at radius 3 is 2.04 bits per heavy atom. The number of nitro groups is 1. The first-order valence-electron chi connectivity index (χ1n) is 8.27. The number of rotatable bonds is 4. The molecular weight excluding hydrogens is 344 g/mol. The molecule has 0 radical (unpaired) electrons. The molecule has 0 unspecified atom stereocenters. The highest BCUT2D eigenvalue weighted by Crippen LogP contribution is 2.47. The predicted octanol–water partition coefficient (Wildman–Crippen LogP) is 5.95. The summed E-state index contributed by atoms with van der Waals surface area (Å²) in [6, 6.07) is 23.4. The number of fused-ring (bicyclic) bond motifs is 2. The zero-order valence-corrected chi connectivity index (χ0v) is 14.7. The van der Waals surface area contributed by atoms with Gasteiger partial charge in [0.2, 0.25) is 0 Å². The molecule has 0 atom stereocenters. The number of non-ortho nitro benzene ring substituents is 1. The smallest absolute Gasteiger partial charge is 0.269 e. The summed E-state index contributed by atoms with van der Waals surface area (Å²) in [6.07, 6.45) is 4.88. The summed E-state index contributed by atoms with van der Waals surface area (Å²) in [4.78, 5) is 15.0. The highest BCUT2D eigenvalue weighted by molar-refractivity contribution is 7.99. The van der Waals surface area contributed by atoms with Crippen molar-refractivity contribution >= 4 is 28.8 Å². The van der Waals surface area contributed by atoms with Gasteiger partial charge in [0.15, 0.2) is 0 Å². The standard InChI is InChI=1S/C21H16N2O2S/c24-23(25)17-13-11-16(12-14-17)6-5-15-22-18-7-1-3-9-20(18)26-21-10-4-2-8-19(21)22/h1-5,7-15H,6H2. The van der Waals surface area contributed by atoms with Crippen molar-refractivity contribution < 1.29 is 4.92 Å². The van der Waals surface area contributed by atoms with E-state index in [2.05, 4.69) is 53.6 Å². The first kappa shape index (κ1) is 16.4. The van der Waals surface area contributed by atoms with Crippen molar-refractivity contribution in [3.8, 4) is 0 Å². The molecule has 0 aliphatic carbocycles. The minimum atomic E-state index is -0.376. The van der Waals surface area contributed by atoms with Crippen LogP contribution in [-0.4, -0.2) is 4.92 Å². The quantitative estimate of drug-likeness (QED) is 0.426. The molecule has 0 saturated heterocycles. The molecule has 0 saturated carbocycles. The van der Waals surface area contributed by atoms with Gasteiger partial charge in [0.05, 0.1) is 16.3 Å². The van der Waals surface area contributed by atoms with Gasteiger partial charge in [0, 0.05) is 28.1 Å². The van der Waals surface area contributed by atoms with E-state index in [-0.39, 0.29) is 10.6 Å². The Morgan fingerprint density at radius 1 is 0.885 bits per heavy atom. The van der Waals surface area contributed by atoms with Crippen molar-refractivity contribution in [3.05, 3.63) is 101 Å². The predicted molar refractivity (Wildman–Crippen MR) is 105 cm³/mol. The molecule has 26 heavy (non-hydrogen) atoms. The third kappa shape index (κ3) is 3.21. The Balaban J connectivity index is 1.59. The van der Waals surface area contributed by atoms with Crippen LogP contribution in [0.2, 0.25) is 0 Å². The molecule has 0 N–H and O–H groups in total. The fourth-order valence-electron chi connectivity index (χ4n) is 2.94. The van der Waals surface area contributed by atoms with Crippen molar-refractivity contribution in [3.63, 3.8) is 0 Å². The van der Waals surface area contributed by atoms with E-state index in [1.54, 1.807) is 36.0 Å². The first-order valence-corrected chi connectivity index (χ1v) is 9.09. The Hall–Kier alpha value is -3.05. The molecule has 3 aromatic rings. The number of nitrogens with zero attached hydrogens (tertiary/aromatic N) is 2. The zero-order valence-electron chi connectivity index (χ0n) is 13.9. The SMILES string of the molecule is O=[N+]([O-])c1ccc(CC=CN2c3ccccc3Sc3ccccc32)cc1. The summed E-state index contributed by atoms with van der Waals surface area (Å²) in [6.45, 7) is 0. The minimum absolute atomic E-state index is 0.119. The number of hydrogen-bond donors (Lipinski definition) is 0. The summed E-state index contributed by atoms with van der Waals surface area (Å²) >= 11 is 1.78. The van der Waals surface area contributed by atoms with Crippen molar-refractivity contribution in [2.75, 3.05) is 4.90 Å². The van der Waals surface area contributed by atoms with Gasteiger partial charge in [0.1, 0.15) is 0 Å². The fourth-order valence-corrected chi connectivity index (χ4v) is 4.01. The molecule has 5 heteroatoms. The molecule has 4 nitrogen and oxygen atoms in total. The minimum Gasteiger partial charge on any atom is -0.315 e. The van der Waals surface area contributed by atoms with Crippen molar-refractivity contribution in [2.45, 2.75) is 16.2 Å². The zero-order chi connectivity index (χ0) is 17.9. The summed E-state index contributed by atoms with van der Waals surface area (Å²) in [5.41, 5.74) is 3.49. The molecule has 128 valence electrons. The van der Waals surface area contributed by atoms with Crippen molar-refractivity contribution in [1.29, 1.82) is 0 Å². The Morgan fingerprint density at radius 2 is 1.46 bits per heavy atom. The van der Waals surface area contributed by atoms with Gasteiger partial charge in [-0.1, -0.05) is 54.2 Å². The van der Waals surface area contributed by atoms with Gasteiger partial charge >= 0.3 is 0 Å². The number of para-hydroxylation sites is 2. The lowest BCUT2D eigenvalue weighted by Gasteiger charge is -2.29. The summed E-state index contributed by atoms with van der Waals surface area (Å²) in [7, 11) is 0. The second kappa shape index (κ2) is 7.06. The lowest BCUT2D eigenvalue weighted by Crippen LogP contribution is -2.13. The van der Waals surface area contributed by atoms with Crippen LogP contribution in [0.1, 0.15) is 5.56 Å². The van der Waals surface area contributed by atoms with Crippen LogP contribution in [0.25, 0.3) is 0 Å². The van der Waals surface area contributed by atoms with Crippen molar-refractivity contribution in [1.82, 2.24) is 0 Å². The molecular formula is C21H16N2O2S. The van der Waals surface area contributed by atoms with E-state index >= 15 is 0 Å². The second-order valence-electron chi connectivity index (χ2n) is 5.92. The van der Waals surface area contributed by atoms with Crippen molar-refractivity contribution in [2.24, 2.45) is 0 Å². The van der Waals surface area contributed by atoms with Gasteiger partial charge < -0.3 is 4.90 Å². The molecule has 4 rings (SSSR count). The average molecular weight is 360 g/mol. The largest absolute Gasteiger partial charge is 0.315 e. The molecule has 3 aromatic carbocycles. The topological polar surface area (TPSA) is 46.4 Å². The van der Waals surface area contributed by atoms with Crippen LogP contribution in [0.15, 0.2) is 94.9 Å². The monoisotopic (exact) mass is 360 g/mol. The van der Waals surface area contributed by atoms with E-state index < -0.39 is 0 Å². The van der Waals surface area contributed by atoms with E-state index in [0.717, 1.165) is 16.9 Å². The maximum absolute atomic E-state index is 10.7. The molecule has 1 aliphatic heterocycles. The van der Waals surface area contributed by atoms with Gasteiger partial charge in [-0.3, -0.25) is 10.1 Å². The lowest BCUT2D eigenvalue weighted by atomic mass is 10.1. The van der Waals surface area contributed by atoms with Crippen LogP contribution >= 0.6 is 11.8 Å². The van der Waals surface area contributed by atoms with Crippen LogP contribution < -0.4 is 4.90 Å². The van der Waals surface area contributed by atoms with Crippen LogP contribution in [0.3, 0.4) is 0 Å². The molecule has 0 bridgehead atoms. The van der Waals surface area contributed by atoms with E-state index in [4.69, 9.17) is 0 Å². The lowest BCUT2D eigenvalue weighted by molar-refractivity contribution is -0.384. The number of hydrogen-bond acceptors (Lipinski definition) is 4. The van der Waals surface area contributed by atoms with Crippen LogP contribution in [0.5, 0.6) is 0 Å². The summed E-state index contributed by atoms with van der Waals surface area (Å²) in [5, 5.41) is 10.7. The van der Waals surface area contributed by atoms with Crippen LogP contribution in [-0.2, 0) is 6.42 Å². The van der Waals surface area contributed by atoms with Gasteiger partial charge in [-0.15, -0.1) is 0 Å². The Kier molecular flexibility index (Phi) is 4.46. The second-order valence-corrected chi connectivity index (χ2v) is 7.00. The van der Waals surface area contributed by atoms with Gasteiger partial charge in [0.25, 0.3) is 5.69 Å². The highest BCUT2D eigenvalue weighted by atomic mass is 32.2. The Bertz CT molecular complexity index is 938. The molecule has 0 spiro atoms. The maximum atomic E-state index is 10.7. The molecule has 0 fully saturated rings. The average Bonchev–Trinajstić information content (AvgIpc) is 2.68. The molecule has 0 amide bonds. The maximum Gasteiger partial charge on any atom is 0.269 e. The number of nitro benzene ring substituents is 1. The van der Waals surface area contributed by atoms with E-state index in [9.17, 15) is 10.1 Å². The third-order valence-corrected chi connectivity index (χ3v) is 5.35. The van der Waals surface area contributed by atoms with Gasteiger partial charge in [-0.2, -0.15) is 0 Å². The fraction of sp³-hybridized carbons (Fsp3) is 0.0476. The van der Waals surface area contributed by atoms with Crippen LogP contribution in [0.4, 0.5) is 17.1 Å². The Labute approximate surface area is 155 Å². The number of benzene rings is 3. The van der Waals surface area contributed by atoms with Gasteiger partial charge in [-0.25, -0.2) is 0 Å². The highest BCUT2D eigenvalue weighted by Gasteiger charge is 2.20. The summed E-state index contributed by atoms with van der Waals surface area (Å²) < 4.78 is 0. The first-order chi connectivity index (χ1) is 12.7. The van der Waals surface area contributed by atoms with E-state index in [0.29, 0.717) is 6.42 Å². The third-order valence-electron chi connectivity index (χ3n) is 4.22. The van der Waals surface area contributed by atoms with E-state index in [1.165, 1.54) is 9.79 Å². The number of allylic oxidation sites excluding steroid dienone is 1. The summed E-state index contributed by atoms with van der Waals surface area (Å²) in [5.74, 6) is 0. The van der Waals surface area contributed by atoms with E-state index in [1.807, 2.05) is 12.1 Å².